The van der Waals surface area contributed by atoms with Crippen LogP contribution in [0.2, 0.25) is 0 Å². The second kappa shape index (κ2) is 4.92. The maximum Gasteiger partial charge on any atom is 0.230 e. The molecule has 0 aliphatic heterocycles. The van der Waals surface area contributed by atoms with Crippen LogP contribution < -0.4 is 5.32 Å². The van der Waals surface area contributed by atoms with Crippen molar-refractivity contribution in [2.24, 2.45) is 0 Å². The molecule has 0 heterocycles. The standard InChI is InChI=1S/C14H16ClNO/c1-11(15)10-16-13(17)14(8-5-9-14)12-6-3-2-4-7-12/h2-4,6-7H,1,5,8-10H2,(H,16,17). The number of hydrogen-bond donors (Lipinski definition) is 1. The molecule has 2 nitrogen and oxygen atoms in total. The third-order valence-electron chi connectivity index (χ3n) is 3.41. The molecule has 1 fully saturated rings. The van der Waals surface area contributed by atoms with Gasteiger partial charge in [0.15, 0.2) is 0 Å². The molecular formula is C14H16ClNO. The molecule has 17 heavy (non-hydrogen) atoms. The van der Waals surface area contributed by atoms with E-state index in [1.165, 1.54) is 0 Å². The number of carbonyl (C=O) groups is 1. The molecule has 1 saturated carbocycles. The SMILES string of the molecule is C=C(Cl)CNC(=O)C1(c2ccccc2)CCC1. The van der Waals surface area contributed by atoms with Crippen molar-refractivity contribution in [3.05, 3.63) is 47.5 Å². The molecule has 0 bridgehead atoms. The first kappa shape index (κ1) is 12.2. The van der Waals surface area contributed by atoms with E-state index >= 15 is 0 Å². The van der Waals surface area contributed by atoms with E-state index in [2.05, 4.69) is 11.9 Å². The zero-order valence-corrected chi connectivity index (χ0v) is 10.5. The number of nitrogens with one attached hydrogen (secondary N) is 1. The third-order valence-corrected chi connectivity index (χ3v) is 3.54. The lowest BCUT2D eigenvalue weighted by Gasteiger charge is -2.40. The Hall–Kier alpha value is -1.28. The molecule has 1 aliphatic carbocycles. The van der Waals surface area contributed by atoms with Gasteiger partial charge in [0.05, 0.1) is 12.0 Å². The van der Waals surface area contributed by atoms with Crippen molar-refractivity contribution in [3.63, 3.8) is 0 Å². The van der Waals surface area contributed by atoms with E-state index in [4.69, 9.17) is 11.6 Å². The second-order valence-corrected chi connectivity index (χ2v) is 5.04. The molecule has 1 N–H and O–H groups in total. The molecule has 1 amide bonds. The van der Waals surface area contributed by atoms with Crippen LogP contribution >= 0.6 is 11.6 Å². The summed E-state index contributed by atoms with van der Waals surface area (Å²) >= 11 is 5.67. The summed E-state index contributed by atoms with van der Waals surface area (Å²) in [7, 11) is 0. The van der Waals surface area contributed by atoms with Crippen LogP contribution in [0.1, 0.15) is 24.8 Å². The fourth-order valence-corrected chi connectivity index (χ4v) is 2.35. The highest BCUT2D eigenvalue weighted by Crippen LogP contribution is 2.43. The van der Waals surface area contributed by atoms with Gasteiger partial charge in [0.25, 0.3) is 0 Å². The molecule has 2 rings (SSSR count). The topological polar surface area (TPSA) is 29.1 Å². The van der Waals surface area contributed by atoms with E-state index in [0.29, 0.717) is 11.6 Å². The molecular weight excluding hydrogens is 234 g/mol. The fraction of sp³-hybridized carbons (Fsp3) is 0.357. The van der Waals surface area contributed by atoms with Gasteiger partial charge in [-0.2, -0.15) is 0 Å². The molecule has 0 atom stereocenters. The summed E-state index contributed by atoms with van der Waals surface area (Å²) in [4.78, 5) is 12.2. The van der Waals surface area contributed by atoms with Crippen LogP contribution in [0.15, 0.2) is 41.9 Å². The van der Waals surface area contributed by atoms with Crippen molar-refractivity contribution in [3.8, 4) is 0 Å². The van der Waals surface area contributed by atoms with E-state index in [-0.39, 0.29) is 11.3 Å². The number of rotatable bonds is 4. The fourth-order valence-electron chi connectivity index (χ4n) is 2.28. The Balaban J connectivity index is 2.15. The largest absolute Gasteiger partial charge is 0.350 e. The number of hydrogen-bond acceptors (Lipinski definition) is 1. The minimum absolute atomic E-state index is 0.0664. The maximum absolute atomic E-state index is 12.2. The molecule has 1 aliphatic rings. The first-order chi connectivity index (χ1) is 8.15. The zero-order chi connectivity index (χ0) is 12.3. The number of benzene rings is 1. The van der Waals surface area contributed by atoms with Gasteiger partial charge in [-0.15, -0.1) is 0 Å². The van der Waals surface area contributed by atoms with Gasteiger partial charge in [-0.3, -0.25) is 4.79 Å². The molecule has 1 aromatic rings. The van der Waals surface area contributed by atoms with Crippen LogP contribution in [0.25, 0.3) is 0 Å². The summed E-state index contributed by atoms with van der Waals surface area (Å²) in [5, 5.41) is 3.31. The van der Waals surface area contributed by atoms with Crippen molar-refractivity contribution < 1.29 is 4.79 Å². The Morgan fingerprint density at radius 2 is 2.00 bits per heavy atom. The van der Waals surface area contributed by atoms with Gasteiger partial charge in [-0.1, -0.05) is 54.9 Å². The predicted molar refractivity (Wildman–Crippen MR) is 70.0 cm³/mol. The lowest BCUT2D eigenvalue weighted by atomic mass is 9.64. The molecule has 90 valence electrons. The minimum Gasteiger partial charge on any atom is -0.350 e. The van der Waals surface area contributed by atoms with Crippen LogP contribution in [0, 0.1) is 0 Å². The third kappa shape index (κ3) is 2.37. The molecule has 0 aromatic heterocycles. The number of carbonyl (C=O) groups excluding carboxylic acids is 1. The summed E-state index contributed by atoms with van der Waals surface area (Å²) in [5.41, 5.74) is 0.761. The summed E-state index contributed by atoms with van der Waals surface area (Å²) in [6.07, 6.45) is 2.93. The van der Waals surface area contributed by atoms with Crippen molar-refractivity contribution in [1.29, 1.82) is 0 Å². The summed E-state index contributed by atoms with van der Waals surface area (Å²) in [5.74, 6) is 0.0664. The lowest BCUT2D eigenvalue weighted by Crippen LogP contribution is -2.49. The molecule has 1 aromatic carbocycles. The van der Waals surface area contributed by atoms with Gasteiger partial charge in [-0.05, 0) is 18.4 Å². The van der Waals surface area contributed by atoms with E-state index in [1.54, 1.807) is 0 Å². The van der Waals surface area contributed by atoms with Gasteiger partial charge in [0, 0.05) is 5.03 Å². The van der Waals surface area contributed by atoms with Gasteiger partial charge >= 0.3 is 0 Å². The normalized spacial score (nSPS) is 17.0. The van der Waals surface area contributed by atoms with Crippen LogP contribution in [-0.2, 0) is 10.2 Å². The molecule has 3 heteroatoms. The molecule has 0 unspecified atom stereocenters. The van der Waals surface area contributed by atoms with Crippen molar-refractivity contribution in [1.82, 2.24) is 5.32 Å². The average molecular weight is 250 g/mol. The van der Waals surface area contributed by atoms with E-state index < -0.39 is 0 Å². The van der Waals surface area contributed by atoms with E-state index in [9.17, 15) is 4.79 Å². The highest BCUT2D eigenvalue weighted by Gasteiger charge is 2.45. The molecule has 0 spiro atoms. The lowest BCUT2D eigenvalue weighted by molar-refractivity contribution is -0.129. The first-order valence-corrected chi connectivity index (χ1v) is 6.20. The molecule has 0 radical (unpaired) electrons. The zero-order valence-electron chi connectivity index (χ0n) is 9.71. The number of halogens is 1. The highest BCUT2D eigenvalue weighted by molar-refractivity contribution is 6.29. The van der Waals surface area contributed by atoms with Gasteiger partial charge in [0.1, 0.15) is 0 Å². The monoisotopic (exact) mass is 249 g/mol. The van der Waals surface area contributed by atoms with Crippen LogP contribution in [0.5, 0.6) is 0 Å². The molecule has 0 saturated heterocycles. The van der Waals surface area contributed by atoms with Crippen LogP contribution in [0.3, 0.4) is 0 Å². The highest BCUT2D eigenvalue weighted by atomic mass is 35.5. The average Bonchev–Trinajstić information content (AvgIpc) is 2.26. The van der Waals surface area contributed by atoms with Crippen molar-refractivity contribution in [2.45, 2.75) is 24.7 Å². The van der Waals surface area contributed by atoms with E-state index in [1.807, 2.05) is 30.3 Å². The summed E-state index contributed by atoms with van der Waals surface area (Å²) < 4.78 is 0. The second-order valence-electron chi connectivity index (χ2n) is 4.50. The van der Waals surface area contributed by atoms with Crippen molar-refractivity contribution >= 4 is 17.5 Å². The quantitative estimate of drug-likeness (QED) is 0.873. The van der Waals surface area contributed by atoms with E-state index in [0.717, 1.165) is 24.8 Å². The summed E-state index contributed by atoms with van der Waals surface area (Å²) in [6.45, 7) is 3.92. The maximum atomic E-state index is 12.2. The Morgan fingerprint density at radius 1 is 1.35 bits per heavy atom. The van der Waals surface area contributed by atoms with Gasteiger partial charge in [0.2, 0.25) is 5.91 Å². The summed E-state index contributed by atoms with van der Waals surface area (Å²) in [6, 6.07) is 9.96. The van der Waals surface area contributed by atoms with Crippen LogP contribution in [-0.4, -0.2) is 12.5 Å². The Bertz CT molecular complexity index is 423. The Labute approximate surface area is 107 Å². The Kier molecular flexibility index (Phi) is 3.53. The predicted octanol–water partition coefficient (Wildman–Crippen LogP) is 2.98. The Morgan fingerprint density at radius 3 is 2.47 bits per heavy atom. The minimum atomic E-state index is -0.340. The number of amides is 1. The van der Waals surface area contributed by atoms with Crippen molar-refractivity contribution in [2.75, 3.05) is 6.54 Å². The van der Waals surface area contributed by atoms with Crippen LogP contribution in [0.4, 0.5) is 0 Å². The first-order valence-electron chi connectivity index (χ1n) is 5.82. The smallest absolute Gasteiger partial charge is 0.230 e. The van der Waals surface area contributed by atoms with Gasteiger partial charge < -0.3 is 5.32 Å². The van der Waals surface area contributed by atoms with Gasteiger partial charge in [-0.25, -0.2) is 0 Å².